The molecule has 0 spiro atoms. The second kappa shape index (κ2) is 3.74. The van der Waals surface area contributed by atoms with Gasteiger partial charge in [-0.15, -0.1) is 0 Å². The quantitative estimate of drug-likeness (QED) is 0.680. The van der Waals surface area contributed by atoms with Crippen molar-refractivity contribution < 1.29 is 0 Å². The second-order valence-corrected chi connectivity index (χ2v) is 5.35. The van der Waals surface area contributed by atoms with E-state index in [0.29, 0.717) is 0 Å². The maximum atomic E-state index is 5.75. The zero-order valence-corrected chi connectivity index (χ0v) is 8.95. The van der Waals surface area contributed by atoms with Crippen molar-refractivity contribution in [1.29, 1.82) is 0 Å². The minimum absolute atomic E-state index is 0.193. The Balaban J connectivity index is 2.96. The standard InChI is InChI=1S/C7H5Br2Cl/c8-7(9)5-2-1-3-6(10)4-5/h1-4,7H. The molecule has 0 saturated heterocycles. The molecule has 1 aromatic rings. The highest BCUT2D eigenvalue weighted by atomic mass is 79.9. The first kappa shape index (κ1) is 8.57. The molecule has 1 rings (SSSR count). The molecule has 0 atom stereocenters. The van der Waals surface area contributed by atoms with E-state index in [4.69, 9.17) is 11.6 Å². The topological polar surface area (TPSA) is 0 Å². The van der Waals surface area contributed by atoms with Gasteiger partial charge in [0.2, 0.25) is 0 Å². The van der Waals surface area contributed by atoms with Crippen molar-refractivity contribution in [2.24, 2.45) is 0 Å². The lowest BCUT2D eigenvalue weighted by atomic mass is 10.2. The van der Waals surface area contributed by atoms with Crippen LogP contribution < -0.4 is 0 Å². The molecule has 1 aromatic carbocycles. The van der Waals surface area contributed by atoms with Gasteiger partial charge in [0, 0.05) is 5.02 Å². The lowest BCUT2D eigenvalue weighted by Gasteiger charge is -2.00. The lowest BCUT2D eigenvalue weighted by molar-refractivity contribution is 1.42. The van der Waals surface area contributed by atoms with Crippen molar-refractivity contribution in [2.75, 3.05) is 0 Å². The zero-order chi connectivity index (χ0) is 7.56. The van der Waals surface area contributed by atoms with Gasteiger partial charge >= 0.3 is 0 Å². The molecule has 0 aliphatic heterocycles. The first-order chi connectivity index (χ1) is 4.70. The molecule has 0 nitrogen and oxygen atoms in total. The molecule has 0 radical (unpaired) electrons. The fourth-order valence-corrected chi connectivity index (χ4v) is 1.41. The maximum absolute atomic E-state index is 5.75. The van der Waals surface area contributed by atoms with E-state index in [9.17, 15) is 0 Å². The average Bonchev–Trinajstić information content (AvgIpc) is 1.88. The third-order valence-corrected chi connectivity index (χ3v) is 2.39. The first-order valence-corrected chi connectivity index (χ1v) is 4.94. The van der Waals surface area contributed by atoms with Crippen molar-refractivity contribution in [1.82, 2.24) is 0 Å². The third kappa shape index (κ3) is 2.26. The van der Waals surface area contributed by atoms with Crippen LogP contribution in [-0.4, -0.2) is 0 Å². The van der Waals surface area contributed by atoms with Crippen LogP contribution in [0.1, 0.15) is 9.30 Å². The Kier molecular flexibility index (Phi) is 3.21. The second-order valence-electron chi connectivity index (χ2n) is 1.86. The van der Waals surface area contributed by atoms with Crippen molar-refractivity contribution in [2.45, 2.75) is 3.74 Å². The van der Waals surface area contributed by atoms with Crippen LogP contribution in [0, 0.1) is 0 Å². The fourth-order valence-electron chi connectivity index (χ4n) is 0.642. The van der Waals surface area contributed by atoms with Crippen LogP contribution in [0.4, 0.5) is 0 Å². The van der Waals surface area contributed by atoms with Crippen molar-refractivity contribution >= 4 is 43.5 Å². The van der Waals surface area contributed by atoms with Gasteiger partial charge in [0.25, 0.3) is 0 Å². The lowest BCUT2D eigenvalue weighted by Crippen LogP contribution is -1.77. The summed E-state index contributed by atoms with van der Waals surface area (Å²) in [5, 5.41) is 0.765. The van der Waals surface area contributed by atoms with E-state index < -0.39 is 0 Å². The molecule has 0 bridgehead atoms. The molecular formula is C7H5Br2Cl. The van der Waals surface area contributed by atoms with E-state index in [0.717, 1.165) is 10.6 Å². The Morgan fingerprint density at radius 1 is 1.30 bits per heavy atom. The predicted molar refractivity (Wildman–Crippen MR) is 52.0 cm³/mol. The molecule has 0 N–H and O–H groups in total. The summed E-state index contributed by atoms with van der Waals surface area (Å²) in [6, 6.07) is 7.69. The zero-order valence-electron chi connectivity index (χ0n) is 5.02. The van der Waals surface area contributed by atoms with Crippen LogP contribution in [0.2, 0.25) is 5.02 Å². The largest absolute Gasteiger partial charge is 0.0947 e. The summed E-state index contributed by atoms with van der Waals surface area (Å²) in [4.78, 5) is 0. The van der Waals surface area contributed by atoms with Crippen molar-refractivity contribution in [3.63, 3.8) is 0 Å². The van der Waals surface area contributed by atoms with E-state index in [1.807, 2.05) is 24.3 Å². The van der Waals surface area contributed by atoms with Gasteiger partial charge in [0.1, 0.15) is 0 Å². The Bertz CT molecular complexity index is 223. The Morgan fingerprint density at radius 2 is 2.00 bits per heavy atom. The Morgan fingerprint density at radius 3 is 2.40 bits per heavy atom. The van der Waals surface area contributed by atoms with Crippen LogP contribution in [0.3, 0.4) is 0 Å². The summed E-state index contributed by atoms with van der Waals surface area (Å²) in [6.45, 7) is 0. The van der Waals surface area contributed by atoms with Crippen LogP contribution in [0.15, 0.2) is 24.3 Å². The van der Waals surface area contributed by atoms with Gasteiger partial charge in [-0.05, 0) is 17.7 Å². The number of halogens is 3. The summed E-state index contributed by atoms with van der Waals surface area (Å²) < 4.78 is 0.193. The summed E-state index contributed by atoms with van der Waals surface area (Å²) in [5.74, 6) is 0. The van der Waals surface area contributed by atoms with E-state index in [-0.39, 0.29) is 3.74 Å². The van der Waals surface area contributed by atoms with Gasteiger partial charge in [0.15, 0.2) is 0 Å². The highest BCUT2D eigenvalue weighted by Crippen LogP contribution is 2.30. The highest BCUT2D eigenvalue weighted by molar-refractivity contribution is 9.24. The van der Waals surface area contributed by atoms with Gasteiger partial charge in [-0.1, -0.05) is 55.6 Å². The van der Waals surface area contributed by atoms with E-state index in [1.54, 1.807) is 0 Å². The van der Waals surface area contributed by atoms with Crippen LogP contribution >= 0.6 is 43.5 Å². The summed E-state index contributed by atoms with van der Waals surface area (Å²) >= 11 is 12.5. The smallest absolute Gasteiger partial charge is 0.0843 e. The normalized spacial score (nSPS) is 10.4. The molecule has 0 aliphatic carbocycles. The molecule has 10 heavy (non-hydrogen) atoms. The van der Waals surface area contributed by atoms with E-state index in [1.165, 1.54) is 0 Å². The van der Waals surface area contributed by atoms with E-state index in [2.05, 4.69) is 31.9 Å². The fraction of sp³-hybridized carbons (Fsp3) is 0.143. The predicted octanol–water partition coefficient (Wildman–Crippen LogP) is 4.13. The molecular weight excluding hydrogens is 279 g/mol. The summed E-state index contributed by atoms with van der Waals surface area (Å²) in [5.41, 5.74) is 1.13. The molecule has 3 heteroatoms. The molecule has 0 aliphatic rings. The number of benzene rings is 1. The Labute approximate surface area is 81.8 Å². The molecule has 0 aromatic heterocycles. The number of alkyl halides is 2. The number of hydrogen-bond acceptors (Lipinski definition) is 0. The molecule has 0 fully saturated rings. The highest BCUT2D eigenvalue weighted by Gasteiger charge is 2.00. The SMILES string of the molecule is Clc1cccc(C(Br)Br)c1. The minimum Gasteiger partial charge on any atom is -0.0843 e. The maximum Gasteiger partial charge on any atom is 0.0947 e. The Hall–Kier alpha value is 0.470. The summed E-state index contributed by atoms with van der Waals surface area (Å²) in [6.07, 6.45) is 0. The molecule has 54 valence electrons. The molecule has 0 unspecified atom stereocenters. The monoisotopic (exact) mass is 282 g/mol. The molecule has 0 heterocycles. The van der Waals surface area contributed by atoms with Gasteiger partial charge in [0.05, 0.1) is 3.74 Å². The van der Waals surface area contributed by atoms with Gasteiger partial charge in [-0.25, -0.2) is 0 Å². The van der Waals surface area contributed by atoms with Gasteiger partial charge < -0.3 is 0 Å². The number of hydrogen-bond donors (Lipinski definition) is 0. The van der Waals surface area contributed by atoms with Crippen LogP contribution in [-0.2, 0) is 0 Å². The minimum atomic E-state index is 0.193. The average molecular weight is 284 g/mol. The first-order valence-electron chi connectivity index (χ1n) is 2.74. The van der Waals surface area contributed by atoms with Crippen LogP contribution in [0.5, 0.6) is 0 Å². The van der Waals surface area contributed by atoms with Crippen molar-refractivity contribution in [3.8, 4) is 0 Å². The van der Waals surface area contributed by atoms with Gasteiger partial charge in [-0.3, -0.25) is 0 Å². The molecule has 0 saturated carbocycles. The van der Waals surface area contributed by atoms with E-state index >= 15 is 0 Å². The summed E-state index contributed by atoms with van der Waals surface area (Å²) in [7, 11) is 0. The third-order valence-electron chi connectivity index (χ3n) is 1.10. The van der Waals surface area contributed by atoms with Crippen LogP contribution in [0.25, 0.3) is 0 Å². The van der Waals surface area contributed by atoms with Crippen molar-refractivity contribution in [3.05, 3.63) is 34.9 Å². The number of rotatable bonds is 1. The van der Waals surface area contributed by atoms with Gasteiger partial charge in [-0.2, -0.15) is 0 Å². The molecule has 0 amide bonds.